The van der Waals surface area contributed by atoms with Crippen molar-refractivity contribution in [3.8, 4) is 34.0 Å². The van der Waals surface area contributed by atoms with E-state index >= 15 is 0 Å². The second kappa shape index (κ2) is 6.60. The predicted molar refractivity (Wildman–Crippen MR) is 97.3 cm³/mol. The van der Waals surface area contributed by atoms with E-state index in [2.05, 4.69) is 10.2 Å². The van der Waals surface area contributed by atoms with Gasteiger partial charge in [-0.3, -0.25) is 10.1 Å². The Hall–Kier alpha value is -3.80. The van der Waals surface area contributed by atoms with Crippen LogP contribution in [0.3, 0.4) is 0 Å². The Labute approximate surface area is 148 Å². The average molecular weight is 343 g/mol. The molecule has 4 aromatic rings. The minimum Gasteiger partial charge on any atom is -0.416 e. The van der Waals surface area contributed by atoms with Gasteiger partial charge in [-0.2, -0.15) is 0 Å². The molecule has 0 aliphatic carbocycles. The molecule has 6 heteroatoms. The summed E-state index contributed by atoms with van der Waals surface area (Å²) in [5, 5.41) is 19.2. The Bertz CT molecular complexity index is 1060. The highest BCUT2D eigenvalue weighted by atomic mass is 16.6. The zero-order valence-electron chi connectivity index (χ0n) is 13.6. The zero-order valence-corrected chi connectivity index (χ0v) is 13.6. The number of nitro benzene ring substituents is 1. The summed E-state index contributed by atoms with van der Waals surface area (Å²) in [6.45, 7) is 0. The van der Waals surface area contributed by atoms with E-state index in [0.717, 1.165) is 16.7 Å². The Kier molecular flexibility index (Phi) is 3.99. The summed E-state index contributed by atoms with van der Waals surface area (Å²) in [5.74, 6) is 0.442. The molecule has 0 saturated heterocycles. The van der Waals surface area contributed by atoms with Crippen LogP contribution >= 0.6 is 0 Å². The lowest BCUT2D eigenvalue weighted by Crippen LogP contribution is -1.91. The van der Waals surface area contributed by atoms with E-state index in [1.807, 2.05) is 54.6 Å². The lowest BCUT2D eigenvalue weighted by Gasteiger charge is -2.02. The number of para-hydroxylation sites is 1. The van der Waals surface area contributed by atoms with E-state index in [9.17, 15) is 10.1 Å². The lowest BCUT2D eigenvalue weighted by atomic mass is 10.0. The normalized spacial score (nSPS) is 10.6. The van der Waals surface area contributed by atoms with Gasteiger partial charge in [0.1, 0.15) is 5.56 Å². The molecule has 0 aliphatic heterocycles. The number of benzene rings is 3. The van der Waals surface area contributed by atoms with Gasteiger partial charge in [-0.1, -0.05) is 54.6 Å². The zero-order chi connectivity index (χ0) is 17.9. The van der Waals surface area contributed by atoms with Crippen molar-refractivity contribution in [3.63, 3.8) is 0 Å². The second-order valence-corrected chi connectivity index (χ2v) is 5.63. The smallest absolute Gasteiger partial charge is 0.282 e. The van der Waals surface area contributed by atoms with Gasteiger partial charge < -0.3 is 4.42 Å². The Morgan fingerprint density at radius 1 is 0.692 bits per heavy atom. The molecule has 0 aliphatic rings. The van der Waals surface area contributed by atoms with Crippen LogP contribution in [0.4, 0.5) is 5.69 Å². The molecule has 0 saturated carbocycles. The number of nitro groups is 1. The van der Waals surface area contributed by atoms with Crippen LogP contribution in [-0.2, 0) is 0 Å². The van der Waals surface area contributed by atoms with Gasteiger partial charge >= 0.3 is 0 Å². The summed E-state index contributed by atoms with van der Waals surface area (Å²) in [6.07, 6.45) is 0. The van der Waals surface area contributed by atoms with E-state index in [1.165, 1.54) is 6.07 Å². The van der Waals surface area contributed by atoms with Crippen molar-refractivity contribution in [2.75, 3.05) is 0 Å². The maximum absolute atomic E-state index is 11.2. The lowest BCUT2D eigenvalue weighted by molar-refractivity contribution is -0.384. The highest BCUT2D eigenvalue weighted by molar-refractivity contribution is 5.69. The van der Waals surface area contributed by atoms with Gasteiger partial charge in [0, 0.05) is 11.6 Å². The summed E-state index contributed by atoms with van der Waals surface area (Å²) in [6, 6.07) is 24.0. The first-order valence-corrected chi connectivity index (χ1v) is 7.95. The van der Waals surface area contributed by atoms with E-state index in [0.29, 0.717) is 11.5 Å². The first kappa shape index (κ1) is 15.7. The number of hydrogen-bond donors (Lipinski definition) is 0. The molecule has 4 rings (SSSR count). The van der Waals surface area contributed by atoms with Gasteiger partial charge in [-0.25, -0.2) is 0 Å². The molecule has 1 aromatic heterocycles. The predicted octanol–water partition coefficient (Wildman–Crippen LogP) is 4.98. The third kappa shape index (κ3) is 2.95. The number of hydrogen-bond acceptors (Lipinski definition) is 5. The highest BCUT2D eigenvalue weighted by Gasteiger charge is 2.20. The van der Waals surface area contributed by atoms with E-state index in [4.69, 9.17) is 4.42 Å². The van der Waals surface area contributed by atoms with Crippen LogP contribution in [0.1, 0.15) is 0 Å². The van der Waals surface area contributed by atoms with E-state index < -0.39 is 4.92 Å². The molecule has 126 valence electrons. The third-order valence-corrected chi connectivity index (χ3v) is 4.00. The van der Waals surface area contributed by atoms with Crippen molar-refractivity contribution in [3.05, 3.63) is 89.0 Å². The summed E-state index contributed by atoms with van der Waals surface area (Å²) in [7, 11) is 0. The molecule has 0 spiro atoms. The Morgan fingerprint density at radius 3 is 2.00 bits per heavy atom. The topological polar surface area (TPSA) is 82.1 Å². The molecule has 3 aromatic carbocycles. The van der Waals surface area contributed by atoms with Gasteiger partial charge in [-0.05, 0) is 29.3 Å². The first-order chi connectivity index (χ1) is 12.7. The summed E-state index contributed by atoms with van der Waals surface area (Å²) >= 11 is 0. The quantitative estimate of drug-likeness (QED) is 0.385. The number of aromatic nitrogens is 2. The molecular weight excluding hydrogens is 330 g/mol. The van der Waals surface area contributed by atoms with Gasteiger partial charge in [0.2, 0.25) is 5.89 Å². The third-order valence-electron chi connectivity index (χ3n) is 4.00. The largest absolute Gasteiger partial charge is 0.416 e. The van der Waals surface area contributed by atoms with Crippen LogP contribution in [0.25, 0.3) is 34.0 Å². The fraction of sp³-hybridized carbons (Fsp3) is 0. The SMILES string of the molecule is O=[N+]([O-])c1ccccc1-c1nnc(-c2ccc(-c3ccccc3)cc2)o1. The summed E-state index contributed by atoms with van der Waals surface area (Å²) in [5.41, 5.74) is 3.18. The fourth-order valence-electron chi connectivity index (χ4n) is 2.70. The van der Waals surface area contributed by atoms with Gasteiger partial charge in [0.25, 0.3) is 11.6 Å². The van der Waals surface area contributed by atoms with Crippen LogP contribution in [-0.4, -0.2) is 15.1 Å². The minimum absolute atomic E-state index is 0.0675. The van der Waals surface area contributed by atoms with Crippen LogP contribution in [0.15, 0.2) is 83.3 Å². The molecule has 26 heavy (non-hydrogen) atoms. The summed E-state index contributed by atoms with van der Waals surface area (Å²) < 4.78 is 5.67. The van der Waals surface area contributed by atoms with Crippen LogP contribution in [0.5, 0.6) is 0 Å². The van der Waals surface area contributed by atoms with Crippen molar-refractivity contribution >= 4 is 5.69 Å². The molecule has 0 amide bonds. The van der Waals surface area contributed by atoms with Crippen molar-refractivity contribution in [2.45, 2.75) is 0 Å². The highest BCUT2D eigenvalue weighted by Crippen LogP contribution is 2.31. The van der Waals surface area contributed by atoms with Gasteiger partial charge in [0.15, 0.2) is 0 Å². The molecule has 6 nitrogen and oxygen atoms in total. The molecular formula is C20H13N3O3. The van der Waals surface area contributed by atoms with Crippen LogP contribution in [0.2, 0.25) is 0 Å². The minimum atomic E-state index is -0.464. The summed E-state index contributed by atoms with van der Waals surface area (Å²) in [4.78, 5) is 10.7. The average Bonchev–Trinajstić information content (AvgIpc) is 3.19. The van der Waals surface area contributed by atoms with Crippen LogP contribution in [0, 0.1) is 10.1 Å². The number of rotatable bonds is 4. The molecule has 0 bridgehead atoms. The first-order valence-electron chi connectivity index (χ1n) is 7.95. The molecule has 0 unspecified atom stereocenters. The molecule has 0 radical (unpaired) electrons. The van der Waals surface area contributed by atoms with Gasteiger partial charge in [0.05, 0.1) is 4.92 Å². The maximum atomic E-state index is 11.2. The van der Waals surface area contributed by atoms with Crippen molar-refractivity contribution < 1.29 is 9.34 Å². The Morgan fingerprint density at radius 2 is 1.27 bits per heavy atom. The molecule has 0 fully saturated rings. The molecule has 0 N–H and O–H groups in total. The van der Waals surface area contributed by atoms with Crippen LogP contribution < -0.4 is 0 Å². The van der Waals surface area contributed by atoms with E-state index in [1.54, 1.807) is 18.2 Å². The van der Waals surface area contributed by atoms with E-state index in [-0.39, 0.29) is 11.6 Å². The fourth-order valence-corrected chi connectivity index (χ4v) is 2.70. The maximum Gasteiger partial charge on any atom is 0.282 e. The van der Waals surface area contributed by atoms with Gasteiger partial charge in [-0.15, -0.1) is 10.2 Å². The van der Waals surface area contributed by atoms with Crippen molar-refractivity contribution in [1.29, 1.82) is 0 Å². The van der Waals surface area contributed by atoms with Crippen molar-refractivity contribution in [1.82, 2.24) is 10.2 Å². The molecule has 1 heterocycles. The number of nitrogens with zero attached hydrogens (tertiary/aromatic N) is 3. The van der Waals surface area contributed by atoms with Crippen molar-refractivity contribution in [2.24, 2.45) is 0 Å². The monoisotopic (exact) mass is 343 g/mol. The standard InChI is InChI=1S/C20H13N3O3/c24-23(25)18-9-5-4-8-17(18)20-22-21-19(26-20)16-12-10-15(11-13-16)14-6-2-1-3-7-14/h1-13H. The second-order valence-electron chi connectivity index (χ2n) is 5.63. The molecule has 0 atom stereocenters. The Balaban J connectivity index is 1.66.